The molecule has 1 unspecified atom stereocenters. The Morgan fingerprint density at radius 1 is 1.14 bits per heavy atom. The maximum Gasteiger partial charge on any atom is 0.225 e. The standard InChI is InChI=1S/C23H28N2O4/c1-16-6-4-5-7-18(16)14-24-23(27)19-13-22(26)25(15-19)11-10-17-8-9-20(28-2)21(12-17)29-3/h4-9,12,19H,10-11,13-15H2,1-3H3,(H,24,27). The van der Waals surface area contributed by atoms with Gasteiger partial charge in [-0.05, 0) is 42.2 Å². The van der Waals surface area contributed by atoms with E-state index in [9.17, 15) is 9.59 Å². The molecule has 1 heterocycles. The monoisotopic (exact) mass is 396 g/mol. The van der Waals surface area contributed by atoms with Crippen molar-refractivity contribution in [1.29, 1.82) is 0 Å². The number of carbonyl (C=O) groups is 2. The number of carbonyl (C=O) groups excluding carboxylic acids is 2. The zero-order valence-corrected chi connectivity index (χ0v) is 17.2. The van der Waals surface area contributed by atoms with Gasteiger partial charge in [0.1, 0.15) is 0 Å². The molecule has 1 aliphatic rings. The molecule has 2 aromatic rings. The minimum absolute atomic E-state index is 0.0292. The fraction of sp³-hybridized carbons (Fsp3) is 0.391. The molecule has 0 radical (unpaired) electrons. The van der Waals surface area contributed by atoms with Gasteiger partial charge in [0.2, 0.25) is 11.8 Å². The van der Waals surface area contributed by atoms with E-state index in [0.29, 0.717) is 37.6 Å². The molecule has 2 amide bonds. The molecule has 2 aromatic carbocycles. The van der Waals surface area contributed by atoms with Crippen LogP contribution < -0.4 is 14.8 Å². The smallest absolute Gasteiger partial charge is 0.225 e. The fourth-order valence-electron chi connectivity index (χ4n) is 3.60. The molecule has 3 rings (SSSR count). The minimum Gasteiger partial charge on any atom is -0.493 e. The quantitative estimate of drug-likeness (QED) is 0.745. The minimum atomic E-state index is -0.295. The third-order valence-corrected chi connectivity index (χ3v) is 5.42. The summed E-state index contributed by atoms with van der Waals surface area (Å²) in [5.41, 5.74) is 3.30. The molecule has 0 aliphatic carbocycles. The van der Waals surface area contributed by atoms with Gasteiger partial charge in [0, 0.05) is 26.1 Å². The van der Waals surface area contributed by atoms with Crippen molar-refractivity contribution in [1.82, 2.24) is 10.2 Å². The van der Waals surface area contributed by atoms with Crippen molar-refractivity contribution in [3.8, 4) is 11.5 Å². The van der Waals surface area contributed by atoms with Crippen LogP contribution in [0.15, 0.2) is 42.5 Å². The second-order valence-electron chi connectivity index (χ2n) is 7.32. The lowest BCUT2D eigenvalue weighted by Gasteiger charge is -2.17. The zero-order valence-electron chi connectivity index (χ0n) is 17.2. The largest absolute Gasteiger partial charge is 0.493 e. The van der Waals surface area contributed by atoms with Crippen LogP contribution in [0.5, 0.6) is 11.5 Å². The van der Waals surface area contributed by atoms with Crippen molar-refractivity contribution in [3.05, 3.63) is 59.2 Å². The second-order valence-corrected chi connectivity index (χ2v) is 7.32. The van der Waals surface area contributed by atoms with Crippen LogP contribution in [0, 0.1) is 12.8 Å². The lowest BCUT2D eigenvalue weighted by molar-refractivity contribution is -0.129. The van der Waals surface area contributed by atoms with Gasteiger partial charge in [-0.3, -0.25) is 9.59 Å². The van der Waals surface area contributed by atoms with Gasteiger partial charge in [-0.15, -0.1) is 0 Å². The zero-order chi connectivity index (χ0) is 20.8. The summed E-state index contributed by atoms with van der Waals surface area (Å²) in [6.07, 6.45) is 0.967. The van der Waals surface area contributed by atoms with Crippen LogP contribution in [0.3, 0.4) is 0 Å². The van der Waals surface area contributed by atoms with Crippen LogP contribution in [-0.2, 0) is 22.6 Å². The summed E-state index contributed by atoms with van der Waals surface area (Å²) in [5, 5.41) is 2.98. The lowest BCUT2D eigenvalue weighted by Crippen LogP contribution is -2.33. The maximum absolute atomic E-state index is 12.5. The van der Waals surface area contributed by atoms with Gasteiger partial charge in [-0.2, -0.15) is 0 Å². The van der Waals surface area contributed by atoms with Crippen LogP contribution in [0.2, 0.25) is 0 Å². The molecule has 0 saturated carbocycles. The Morgan fingerprint density at radius 3 is 2.62 bits per heavy atom. The molecular weight excluding hydrogens is 368 g/mol. The first-order chi connectivity index (χ1) is 14.0. The topological polar surface area (TPSA) is 67.9 Å². The normalized spacial score (nSPS) is 16.0. The molecule has 1 atom stereocenters. The van der Waals surface area contributed by atoms with E-state index in [4.69, 9.17) is 9.47 Å². The van der Waals surface area contributed by atoms with Crippen molar-refractivity contribution in [2.24, 2.45) is 5.92 Å². The van der Waals surface area contributed by atoms with Gasteiger partial charge in [-0.25, -0.2) is 0 Å². The predicted octanol–water partition coefficient (Wildman–Crippen LogP) is 2.72. The van der Waals surface area contributed by atoms with E-state index >= 15 is 0 Å². The van der Waals surface area contributed by atoms with Crippen molar-refractivity contribution < 1.29 is 19.1 Å². The molecule has 154 valence electrons. The molecule has 0 bridgehead atoms. The molecular formula is C23H28N2O4. The first-order valence-electron chi connectivity index (χ1n) is 9.82. The van der Waals surface area contributed by atoms with Crippen LogP contribution in [-0.4, -0.2) is 44.0 Å². The summed E-state index contributed by atoms with van der Waals surface area (Å²) in [6.45, 7) is 3.56. The van der Waals surface area contributed by atoms with E-state index < -0.39 is 0 Å². The number of hydrogen-bond acceptors (Lipinski definition) is 4. The molecule has 1 aliphatic heterocycles. The first-order valence-corrected chi connectivity index (χ1v) is 9.82. The summed E-state index contributed by atoms with van der Waals surface area (Å²) >= 11 is 0. The predicted molar refractivity (Wildman–Crippen MR) is 111 cm³/mol. The highest BCUT2D eigenvalue weighted by atomic mass is 16.5. The summed E-state index contributed by atoms with van der Waals surface area (Å²) in [4.78, 5) is 26.7. The average Bonchev–Trinajstić information content (AvgIpc) is 3.11. The Morgan fingerprint density at radius 2 is 1.90 bits per heavy atom. The Kier molecular flexibility index (Phi) is 6.75. The molecule has 1 fully saturated rings. The van der Waals surface area contributed by atoms with E-state index in [1.54, 1.807) is 19.1 Å². The number of methoxy groups -OCH3 is 2. The van der Waals surface area contributed by atoms with Gasteiger partial charge in [0.25, 0.3) is 0 Å². The number of hydrogen-bond donors (Lipinski definition) is 1. The number of benzene rings is 2. The maximum atomic E-state index is 12.5. The SMILES string of the molecule is COc1ccc(CCN2CC(C(=O)NCc3ccccc3C)CC2=O)cc1OC. The molecule has 29 heavy (non-hydrogen) atoms. The number of nitrogens with zero attached hydrogens (tertiary/aromatic N) is 1. The van der Waals surface area contributed by atoms with Crippen molar-refractivity contribution in [2.75, 3.05) is 27.3 Å². The molecule has 6 heteroatoms. The number of rotatable bonds is 8. The first kappa shape index (κ1) is 20.7. The van der Waals surface area contributed by atoms with Gasteiger partial charge >= 0.3 is 0 Å². The summed E-state index contributed by atoms with van der Waals surface area (Å²) < 4.78 is 10.6. The van der Waals surface area contributed by atoms with Gasteiger partial charge in [0.05, 0.1) is 20.1 Å². The van der Waals surface area contributed by atoms with E-state index in [-0.39, 0.29) is 24.2 Å². The number of amides is 2. The molecule has 1 saturated heterocycles. The summed E-state index contributed by atoms with van der Waals surface area (Å²) in [5.74, 6) is 1.03. The van der Waals surface area contributed by atoms with Crippen LogP contribution in [0.4, 0.5) is 0 Å². The van der Waals surface area contributed by atoms with E-state index in [1.807, 2.05) is 49.4 Å². The third-order valence-electron chi connectivity index (χ3n) is 5.42. The molecule has 0 aromatic heterocycles. The Bertz CT molecular complexity index is 881. The summed E-state index contributed by atoms with van der Waals surface area (Å²) in [7, 11) is 3.20. The highest BCUT2D eigenvalue weighted by Crippen LogP contribution is 2.28. The molecule has 0 spiro atoms. The van der Waals surface area contributed by atoms with Crippen molar-refractivity contribution in [2.45, 2.75) is 26.3 Å². The highest BCUT2D eigenvalue weighted by Gasteiger charge is 2.33. The summed E-state index contributed by atoms with van der Waals surface area (Å²) in [6, 6.07) is 13.7. The number of likely N-dealkylation sites (tertiary alicyclic amines) is 1. The fourth-order valence-corrected chi connectivity index (χ4v) is 3.60. The Hall–Kier alpha value is -3.02. The third kappa shape index (κ3) is 5.08. The van der Waals surface area contributed by atoms with Gasteiger partial charge in [-0.1, -0.05) is 30.3 Å². The van der Waals surface area contributed by atoms with E-state index in [0.717, 1.165) is 16.7 Å². The van der Waals surface area contributed by atoms with E-state index in [1.165, 1.54) is 0 Å². The second kappa shape index (κ2) is 9.45. The molecule has 6 nitrogen and oxygen atoms in total. The molecule has 1 N–H and O–H groups in total. The average molecular weight is 396 g/mol. The Labute approximate surface area is 171 Å². The number of aryl methyl sites for hydroxylation is 1. The highest BCUT2D eigenvalue weighted by molar-refractivity contribution is 5.89. The van der Waals surface area contributed by atoms with Crippen molar-refractivity contribution >= 4 is 11.8 Å². The van der Waals surface area contributed by atoms with Crippen LogP contribution in [0.1, 0.15) is 23.1 Å². The van der Waals surface area contributed by atoms with E-state index in [2.05, 4.69) is 5.32 Å². The van der Waals surface area contributed by atoms with Crippen LogP contribution in [0.25, 0.3) is 0 Å². The number of nitrogens with one attached hydrogen (secondary N) is 1. The number of ether oxygens (including phenoxy) is 2. The lowest BCUT2D eigenvalue weighted by atomic mass is 10.1. The van der Waals surface area contributed by atoms with Gasteiger partial charge in [0.15, 0.2) is 11.5 Å². The Balaban J connectivity index is 1.52. The van der Waals surface area contributed by atoms with Gasteiger partial charge < -0.3 is 19.7 Å². The van der Waals surface area contributed by atoms with Crippen molar-refractivity contribution in [3.63, 3.8) is 0 Å². The van der Waals surface area contributed by atoms with Crippen LogP contribution >= 0.6 is 0 Å².